The fourth-order valence-electron chi connectivity index (χ4n) is 3.96. The third-order valence-corrected chi connectivity index (χ3v) is 4.92. The van der Waals surface area contributed by atoms with Crippen molar-refractivity contribution in [1.29, 1.82) is 0 Å². The van der Waals surface area contributed by atoms with Crippen molar-refractivity contribution in [2.24, 2.45) is 0 Å². The molecule has 0 aliphatic rings. The summed E-state index contributed by atoms with van der Waals surface area (Å²) in [7, 11) is -1.87. The van der Waals surface area contributed by atoms with Gasteiger partial charge in [-0.3, -0.25) is 0 Å². The second kappa shape index (κ2) is 7.46. The summed E-state index contributed by atoms with van der Waals surface area (Å²) >= 11 is 0. The Morgan fingerprint density at radius 1 is 0.615 bits per heavy atom. The van der Waals surface area contributed by atoms with Crippen LogP contribution in [0.3, 0.4) is 0 Å². The first-order chi connectivity index (χ1) is 12.5. The monoisotopic (exact) mass is 346 g/mol. The van der Waals surface area contributed by atoms with Gasteiger partial charge in [-0.1, -0.05) is 91.0 Å². The SMILES string of the molecule is CC(C)(OB(O)O)C(c1ccccc1)(c1ccccc1)c1ccccc1. The van der Waals surface area contributed by atoms with Crippen molar-refractivity contribution in [2.45, 2.75) is 24.9 Å². The highest BCUT2D eigenvalue weighted by Gasteiger charge is 2.51. The standard InChI is InChI=1S/C22H23BO3/c1-21(2,26-23(24)25)22(18-12-6-3-7-13-18,19-14-8-4-9-15-19)20-16-10-5-11-17-20/h3-17,24-25H,1-2H3. The molecule has 0 heterocycles. The Labute approximate surface area is 155 Å². The van der Waals surface area contributed by atoms with Crippen LogP contribution in [0.25, 0.3) is 0 Å². The molecule has 0 spiro atoms. The first-order valence-corrected chi connectivity index (χ1v) is 8.69. The van der Waals surface area contributed by atoms with Crippen LogP contribution < -0.4 is 0 Å². The largest absolute Gasteiger partial charge is 0.634 e. The number of hydrogen-bond donors (Lipinski definition) is 2. The maximum absolute atomic E-state index is 9.63. The van der Waals surface area contributed by atoms with Crippen molar-refractivity contribution in [2.75, 3.05) is 0 Å². The molecular weight excluding hydrogens is 323 g/mol. The first-order valence-electron chi connectivity index (χ1n) is 8.69. The highest BCUT2D eigenvalue weighted by Crippen LogP contribution is 2.49. The van der Waals surface area contributed by atoms with Gasteiger partial charge in [-0.25, -0.2) is 0 Å². The lowest BCUT2D eigenvalue weighted by molar-refractivity contribution is 0.00992. The molecule has 4 heteroatoms. The summed E-state index contributed by atoms with van der Waals surface area (Å²) in [4.78, 5) is 0. The molecule has 0 radical (unpaired) electrons. The van der Waals surface area contributed by atoms with E-state index in [9.17, 15) is 10.0 Å². The molecule has 132 valence electrons. The molecule has 0 aliphatic heterocycles. The van der Waals surface area contributed by atoms with E-state index in [0.717, 1.165) is 16.7 Å². The van der Waals surface area contributed by atoms with Crippen LogP contribution >= 0.6 is 0 Å². The summed E-state index contributed by atoms with van der Waals surface area (Å²) in [6.07, 6.45) is 0. The van der Waals surface area contributed by atoms with Crippen LogP contribution in [-0.4, -0.2) is 23.0 Å². The van der Waals surface area contributed by atoms with E-state index in [4.69, 9.17) is 4.65 Å². The van der Waals surface area contributed by atoms with Gasteiger partial charge in [0, 0.05) is 0 Å². The average Bonchev–Trinajstić information content (AvgIpc) is 2.64. The Morgan fingerprint density at radius 2 is 0.923 bits per heavy atom. The number of rotatable bonds is 6. The van der Waals surface area contributed by atoms with Crippen LogP contribution in [0.1, 0.15) is 30.5 Å². The van der Waals surface area contributed by atoms with Gasteiger partial charge in [0.2, 0.25) is 0 Å². The second-order valence-electron chi connectivity index (χ2n) is 6.80. The molecule has 0 aliphatic carbocycles. The Morgan fingerprint density at radius 3 is 1.19 bits per heavy atom. The van der Waals surface area contributed by atoms with E-state index in [1.807, 2.05) is 68.4 Å². The summed E-state index contributed by atoms with van der Waals surface area (Å²) in [6, 6.07) is 30.1. The van der Waals surface area contributed by atoms with Crippen molar-refractivity contribution < 1.29 is 14.7 Å². The highest BCUT2D eigenvalue weighted by molar-refractivity contribution is 6.32. The second-order valence-corrected chi connectivity index (χ2v) is 6.80. The van der Waals surface area contributed by atoms with Crippen LogP contribution in [0.15, 0.2) is 91.0 Å². The quantitative estimate of drug-likeness (QED) is 0.527. The molecule has 3 aromatic rings. The van der Waals surface area contributed by atoms with Crippen LogP contribution in [0, 0.1) is 0 Å². The van der Waals surface area contributed by atoms with Crippen molar-refractivity contribution in [3.8, 4) is 0 Å². The van der Waals surface area contributed by atoms with Gasteiger partial charge in [0.25, 0.3) is 0 Å². The van der Waals surface area contributed by atoms with Gasteiger partial charge >= 0.3 is 7.32 Å². The Bertz CT molecular complexity index is 721. The molecule has 0 saturated carbocycles. The van der Waals surface area contributed by atoms with E-state index in [0.29, 0.717) is 0 Å². The lowest BCUT2D eigenvalue weighted by atomic mass is 9.60. The Kier molecular flexibility index (Phi) is 5.28. The third kappa shape index (κ3) is 3.19. The van der Waals surface area contributed by atoms with Gasteiger partial charge in [-0.15, -0.1) is 0 Å². The summed E-state index contributed by atoms with van der Waals surface area (Å²) < 4.78 is 5.68. The fourth-order valence-corrected chi connectivity index (χ4v) is 3.96. The van der Waals surface area contributed by atoms with Crippen molar-refractivity contribution in [3.63, 3.8) is 0 Å². The van der Waals surface area contributed by atoms with Gasteiger partial charge in [0.05, 0.1) is 11.0 Å². The van der Waals surface area contributed by atoms with Crippen LogP contribution in [0.4, 0.5) is 0 Å². The minimum atomic E-state index is -1.87. The summed E-state index contributed by atoms with van der Waals surface area (Å²) in [6.45, 7) is 3.78. The molecular formula is C22H23BO3. The summed E-state index contributed by atoms with van der Waals surface area (Å²) in [5, 5.41) is 19.3. The van der Waals surface area contributed by atoms with Gasteiger partial charge < -0.3 is 14.7 Å². The molecule has 0 saturated heterocycles. The molecule has 3 nitrogen and oxygen atoms in total. The molecule has 3 rings (SSSR count). The Balaban J connectivity index is 2.39. The predicted octanol–water partition coefficient (Wildman–Crippen LogP) is 3.79. The smallest absolute Gasteiger partial charge is 0.402 e. The van der Waals surface area contributed by atoms with Gasteiger partial charge in [-0.2, -0.15) is 0 Å². The number of benzene rings is 3. The average molecular weight is 346 g/mol. The topological polar surface area (TPSA) is 49.7 Å². The predicted molar refractivity (Wildman–Crippen MR) is 105 cm³/mol. The lowest BCUT2D eigenvalue weighted by Gasteiger charge is -2.48. The van der Waals surface area contributed by atoms with Crippen molar-refractivity contribution in [3.05, 3.63) is 108 Å². The minimum Gasteiger partial charge on any atom is -0.402 e. The van der Waals surface area contributed by atoms with E-state index in [-0.39, 0.29) is 0 Å². The first kappa shape index (κ1) is 18.4. The normalized spacial score (nSPS) is 12.0. The fraction of sp³-hybridized carbons (Fsp3) is 0.182. The van der Waals surface area contributed by atoms with Crippen molar-refractivity contribution >= 4 is 7.32 Å². The van der Waals surface area contributed by atoms with Crippen molar-refractivity contribution in [1.82, 2.24) is 0 Å². The molecule has 0 unspecified atom stereocenters. The molecule has 2 N–H and O–H groups in total. The van der Waals surface area contributed by atoms with Gasteiger partial charge in [0.15, 0.2) is 0 Å². The van der Waals surface area contributed by atoms with E-state index in [1.165, 1.54) is 0 Å². The maximum atomic E-state index is 9.63. The third-order valence-electron chi connectivity index (χ3n) is 4.92. The van der Waals surface area contributed by atoms with Gasteiger partial charge in [0.1, 0.15) is 0 Å². The zero-order chi connectivity index (χ0) is 18.6. The van der Waals surface area contributed by atoms with E-state index >= 15 is 0 Å². The molecule has 0 fully saturated rings. The maximum Gasteiger partial charge on any atom is 0.634 e. The molecule has 0 bridgehead atoms. The van der Waals surface area contributed by atoms with Gasteiger partial charge in [-0.05, 0) is 30.5 Å². The minimum absolute atomic E-state index is 0.736. The zero-order valence-corrected chi connectivity index (χ0v) is 15.0. The van der Waals surface area contributed by atoms with E-state index < -0.39 is 18.3 Å². The molecule has 0 aromatic heterocycles. The molecule has 0 atom stereocenters. The number of hydrogen-bond acceptors (Lipinski definition) is 3. The molecule has 0 amide bonds. The van der Waals surface area contributed by atoms with Crippen LogP contribution in [0.5, 0.6) is 0 Å². The highest BCUT2D eigenvalue weighted by atomic mass is 16.6. The zero-order valence-electron chi connectivity index (χ0n) is 15.0. The Hall–Kier alpha value is -2.40. The van der Waals surface area contributed by atoms with E-state index in [1.54, 1.807) is 0 Å². The van der Waals surface area contributed by atoms with Crippen LogP contribution in [-0.2, 0) is 10.1 Å². The molecule has 26 heavy (non-hydrogen) atoms. The van der Waals surface area contributed by atoms with E-state index in [2.05, 4.69) is 36.4 Å². The molecule has 3 aromatic carbocycles. The summed E-state index contributed by atoms with van der Waals surface area (Å²) in [5.41, 5.74) is 1.36. The summed E-state index contributed by atoms with van der Waals surface area (Å²) in [5.74, 6) is 0. The lowest BCUT2D eigenvalue weighted by Crippen LogP contribution is -2.53. The van der Waals surface area contributed by atoms with Crippen LogP contribution in [0.2, 0.25) is 0 Å².